The number of nitrogens with zero attached hydrogens (tertiary/aromatic N) is 3. The van der Waals surface area contributed by atoms with E-state index in [2.05, 4.69) is 36.2 Å². The number of aromatic nitrogens is 3. The van der Waals surface area contributed by atoms with Crippen molar-refractivity contribution in [1.29, 1.82) is 0 Å². The minimum Gasteiger partial charge on any atom is -0.339 e. The number of hydrogen-bond donors (Lipinski definition) is 2. The van der Waals surface area contributed by atoms with E-state index in [1.54, 1.807) is 18.3 Å². The van der Waals surface area contributed by atoms with Crippen LogP contribution in [-0.2, 0) is 0 Å². The maximum Gasteiger partial charge on any atom is 0.258 e. The molecule has 144 valence electrons. The number of pyridine rings is 1. The Kier molecular flexibility index (Phi) is 4.89. The number of rotatable bonds is 3. The van der Waals surface area contributed by atoms with Gasteiger partial charge in [0.05, 0.1) is 5.52 Å². The number of imidazole rings is 1. The third-order valence-corrected chi connectivity index (χ3v) is 5.63. The van der Waals surface area contributed by atoms with E-state index in [9.17, 15) is 9.59 Å². The Morgan fingerprint density at radius 1 is 1.14 bits per heavy atom. The second-order valence-corrected chi connectivity index (χ2v) is 7.89. The molecule has 3 heterocycles. The molecule has 28 heavy (non-hydrogen) atoms. The van der Waals surface area contributed by atoms with E-state index in [-0.39, 0.29) is 11.8 Å². The second-order valence-electron chi connectivity index (χ2n) is 6.97. The predicted molar refractivity (Wildman–Crippen MR) is 111 cm³/mol. The number of halogens is 1. The van der Waals surface area contributed by atoms with Crippen molar-refractivity contribution >= 4 is 44.9 Å². The van der Waals surface area contributed by atoms with Crippen LogP contribution in [0.3, 0.4) is 0 Å². The molecule has 4 rings (SSSR count). The molecule has 2 N–H and O–H groups in total. The first-order valence-electron chi connectivity index (χ1n) is 9.16. The van der Waals surface area contributed by atoms with Crippen LogP contribution in [0.1, 0.15) is 44.7 Å². The highest BCUT2D eigenvalue weighted by Gasteiger charge is 2.23. The minimum atomic E-state index is -0.279. The van der Waals surface area contributed by atoms with Crippen LogP contribution < -0.4 is 5.32 Å². The quantitative estimate of drug-likeness (QED) is 0.645. The zero-order valence-electron chi connectivity index (χ0n) is 15.7. The zero-order chi connectivity index (χ0) is 19.8. The molecule has 1 aliphatic rings. The van der Waals surface area contributed by atoms with Gasteiger partial charge in [0.2, 0.25) is 5.95 Å². The number of anilines is 1. The summed E-state index contributed by atoms with van der Waals surface area (Å²) in [6, 6.07) is 5.30. The lowest BCUT2D eigenvalue weighted by Gasteiger charge is -2.18. The van der Waals surface area contributed by atoms with Gasteiger partial charge in [-0.2, -0.15) is 4.98 Å². The predicted octanol–water partition coefficient (Wildman–Crippen LogP) is 3.83. The lowest BCUT2D eigenvalue weighted by atomic mass is 9.97. The number of hydrogen-bond acceptors (Lipinski definition) is 4. The third kappa shape index (κ3) is 3.40. The Hall–Kier alpha value is -2.74. The lowest BCUT2D eigenvalue weighted by Crippen LogP contribution is -2.28. The first kappa shape index (κ1) is 18.6. The lowest BCUT2D eigenvalue weighted by molar-refractivity contribution is 0.0791. The normalized spacial score (nSPS) is 13.9. The molecule has 0 unspecified atom stereocenters. The molecule has 0 spiro atoms. The number of aromatic amines is 1. The Bertz CT molecular complexity index is 1090. The van der Waals surface area contributed by atoms with Crippen molar-refractivity contribution in [2.45, 2.75) is 26.7 Å². The van der Waals surface area contributed by atoms with Crippen LogP contribution in [0, 0.1) is 13.8 Å². The van der Waals surface area contributed by atoms with Gasteiger partial charge in [-0.15, -0.1) is 0 Å². The summed E-state index contributed by atoms with van der Waals surface area (Å²) >= 11 is 3.36. The van der Waals surface area contributed by atoms with E-state index in [0.29, 0.717) is 22.7 Å². The van der Waals surface area contributed by atoms with Crippen LogP contribution in [0.4, 0.5) is 5.95 Å². The summed E-state index contributed by atoms with van der Waals surface area (Å²) in [6.07, 6.45) is 3.75. The zero-order valence-corrected chi connectivity index (χ0v) is 17.3. The molecule has 0 bridgehead atoms. The molecule has 8 heteroatoms. The first-order chi connectivity index (χ1) is 13.4. The van der Waals surface area contributed by atoms with Gasteiger partial charge >= 0.3 is 0 Å². The Morgan fingerprint density at radius 3 is 2.57 bits per heavy atom. The standard InChI is InChI=1S/C20H20BrN5O2/c1-11-12(2)15(19(28)26-7-3-4-8-26)6-5-14(11)18(27)25-20-23-16-9-13(21)10-22-17(16)24-20/h5-6,9-10H,3-4,7-8H2,1-2H3,(H2,22,23,24,25,27). The summed E-state index contributed by atoms with van der Waals surface area (Å²) in [7, 11) is 0. The topological polar surface area (TPSA) is 91.0 Å². The summed E-state index contributed by atoms with van der Waals surface area (Å²) in [5.74, 6) is 0.0951. The molecule has 1 saturated heterocycles. The van der Waals surface area contributed by atoms with E-state index in [0.717, 1.165) is 47.0 Å². The number of H-pyrrole nitrogens is 1. The molecule has 0 radical (unpaired) electrons. The fraction of sp³-hybridized carbons (Fsp3) is 0.300. The molecular formula is C20H20BrN5O2. The van der Waals surface area contributed by atoms with Crippen molar-refractivity contribution in [2.75, 3.05) is 18.4 Å². The van der Waals surface area contributed by atoms with Gasteiger partial charge in [-0.3, -0.25) is 14.9 Å². The van der Waals surface area contributed by atoms with Crippen molar-refractivity contribution < 1.29 is 9.59 Å². The van der Waals surface area contributed by atoms with Gasteiger partial charge in [0.25, 0.3) is 11.8 Å². The molecule has 7 nitrogen and oxygen atoms in total. The third-order valence-electron chi connectivity index (χ3n) is 5.19. The van der Waals surface area contributed by atoms with E-state index in [1.807, 2.05) is 24.8 Å². The minimum absolute atomic E-state index is 0.0407. The van der Waals surface area contributed by atoms with Gasteiger partial charge in [-0.25, -0.2) is 4.98 Å². The van der Waals surface area contributed by atoms with Gasteiger partial charge in [0, 0.05) is 34.9 Å². The Labute approximate surface area is 170 Å². The largest absolute Gasteiger partial charge is 0.339 e. The first-order valence-corrected chi connectivity index (χ1v) is 9.95. The van der Waals surface area contributed by atoms with Crippen LogP contribution >= 0.6 is 15.9 Å². The van der Waals surface area contributed by atoms with Crippen molar-refractivity contribution in [2.24, 2.45) is 0 Å². The number of amides is 2. The molecule has 0 atom stereocenters. The summed E-state index contributed by atoms with van der Waals surface area (Å²) in [6.45, 7) is 5.35. The average Bonchev–Trinajstić information content (AvgIpc) is 3.32. The molecule has 1 fully saturated rings. The second kappa shape index (κ2) is 7.35. The molecule has 0 saturated carbocycles. The highest BCUT2D eigenvalue weighted by Crippen LogP contribution is 2.23. The molecular weight excluding hydrogens is 422 g/mol. The van der Waals surface area contributed by atoms with Crippen LogP contribution in [0.5, 0.6) is 0 Å². The maximum atomic E-state index is 12.8. The molecule has 2 aromatic heterocycles. The summed E-state index contributed by atoms with van der Waals surface area (Å²) in [5, 5.41) is 2.78. The summed E-state index contributed by atoms with van der Waals surface area (Å²) in [4.78, 5) is 38.9. The number of nitrogens with one attached hydrogen (secondary N) is 2. The van der Waals surface area contributed by atoms with Gasteiger partial charge in [-0.1, -0.05) is 0 Å². The maximum absolute atomic E-state index is 12.8. The van der Waals surface area contributed by atoms with Gasteiger partial charge < -0.3 is 9.88 Å². The van der Waals surface area contributed by atoms with E-state index >= 15 is 0 Å². The van der Waals surface area contributed by atoms with E-state index < -0.39 is 0 Å². The highest BCUT2D eigenvalue weighted by atomic mass is 79.9. The Balaban J connectivity index is 1.58. The van der Waals surface area contributed by atoms with Gasteiger partial charge in [0.15, 0.2) is 5.65 Å². The number of carbonyl (C=O) groups is 2. The fourth-order valence-corrected chi connectivity index (χ4v) is 3.83. The van der Waals surface area contributed by atoms with Crippen molar-refractivity contribution in [1.82, 2.24) is 19.9 Å². The summed E-state index contributed by atoms with van der Waals surface area (Å²) < 4.78 is 0.825. The fourth-order valence-electron chi connectivity index (χ4n) is 3.50. The highest BCUT2D eigenvalue weighted by molar-refractivity contribution is 9.10. The van der Waals surface area contributed by atoms with Gasteiger partial charge in [0.1, 0.15) is 0 Å². The van der Waals surface area contributed by atoms with Crippen molar-refractivity contribution in [3.05, 3.63) is 51.1 Å². The summed E-state index contributed by atoms with van der Waals surface area (Å²) in [5.41, 5.74) is 4.06. The monoisotopic (exact) mass is 441 g/mol. The van der Waals surface area contributed by atoms with Crippen molar-refractivity contribution in [3.63, 3.8) is 0 Å². The molecule has 3 aromatic rings. The SMILES string of the molecule is Cc1c(C(=O)Nc2nc3ncc(Br)cc3[nH]2)ccc(C(=O)N2CCCC2)c1C. The smallest absolute Gasteiger partial charge is 0.258 e. The number of carbonyl (C=O) groups excluding carboxylic acids is 2. The van der Waals surface area contributed by atoms with Crippen molar-refractivity contribution in [3.8, 4) is 0 Å². The average molecular weight is 442 g/mol. The Morgan fingerprint density at radius 2 is 1.82 bits per heavy atom. The molecule has 0 aliphatic carbocycles. The van der Waals surface area contributed by atoms with Crippen LogP contribution in [-0.4, -0.2) is 44.8 Å². The molecule has 2 amide bonds. The van der Waals surface area contributed by atoms with E-state index in [4.69, 9.17) is 0 Å². The molecule has 1 aromatic carbocycles. The van der Waals surface area contributed by atoms with Crippen LogP contribution in [0.25, 0.3) is 11.2 Å². The number of fused-ring (bicyclic) bond motifs is 1. The molecule has 1 aliphatic heterocycles. The number of benzene rings is 1. The van der Waals surface area contributed by atoms with E-state index in [1.165, 1.54) is 0 Å². The van der Waals surface area contributed by atoms with Crippen LogP contribution in [0.2, 0.25) is 0 Å². The number of likely N-dealkylation sites (tertiary alicyclic amines) is 1. The van der Waals surface area contributed by atoms with Crippen LogP contribution in [0.15, 0.2) is 28.9 Å². The van der Waals surface area contributed by atoms with Gasteiger partial charge in [-0.05, 0) is 71.9 Å².